The Kier molecular flexibility index (Phi) is 4.79. The molecular weight excluding hydrogens is 199 g/mol. The number of hydrogen-bond donors (Lipinski definition) is 2. The van der Waals surface area contributed by atoms with Crippen molar-refractivity contribution in [3.05, 3.63) is 72.8 Å². The van der Waals surface area contributed by atoms with E-state index in [-0.39, 0.29) is 8.41 Å². The summed E-state index contributed by atoms with van der Waals surface area (Å²) < 4.78 is 5.59. The highest BCUT2D eigenvalue weighted by Crippen LogP contribution is 2.05. The molecule has 0 atom stereocenters. The van der Waals surface area contributed by atoms with Crippen molar-refractivity contribution in [2.75, 3.05) is 0 Å². The third-order valence-electron chi connectivity index (χ3n) is 1.80. The van der Waals surface area contributed by atoms with Crippen LogP contribution in [0.15, 0.2) is 72.8 Å². The second-order valence-corrected chi connectivity index (χ2v) is 2.94. The summed E-state index contributed by atoms with van der Waals surface area (Å²) in [7, 11) is 0. The van der Waals surface area contributed by atoms with Crippen molar-refractivity contribution in [3.63, 3.8) is 0 Å². The van der Waals surface area contributed by atoms with E-state index in [0.29, 0.717) is 11.8 Å². The molecule has 2 rings (SSSR count). The molecule has 0 unspecified atom stereocenters. The van der Waals surface area contributed by atoms with Crippen LogP contribution in [0.1, 0.15) is 0 Å². The lowest BCUT2D eigenvalue weighted by atomic mass is 10.5. The molecule has 2 N–H and O–H groups in total. The van der Waals surface area contributed by atoms with Crippen LogP contribution >= 0.6 is 0 Å². The van der Waals surface area contributed by atoms with Crippen LogP contribution in [0.4, 0.5) is 0 Å². The maximum atomic E-state index is 5.59. The van der Waals surface area contributed by atoms with E-state index in [2.05, 4.69) is 10.6 Å². The monoisotopic (exact) mass is 214 g/mol. The molecule has 2 aliphatic rings. The van der Waals surface area contributed by atoms with Gasteiger partial charge in [0.15, 0.2) is 11.8 Å². The van der Waals surface area contributed by atoms with Gasteiger partial charge < -0.3 is 15.4 Å². The molecule has 0 saturated heterocycles. The molecule has 0 aliphatic carbocycles. The highest BCUT2D eigenvalue weighted by molar-refractivity contribution is 5.75. The SMILES string of the molecule is B.C1=CC=C(OC2=CC=CC=CN2)NC=C1. The van der Waals surface area contributed by atoms with Crippen molar-refractivity contribution in [2.24, 2.45) is 0 Å². The van der Waals surface area contributed by atoms with Gasteiger partial charge in [0.2, 0.25) is 0 Å². The molecule has 3 nitrogen and oxygen atoms in total. The molecule has 0 radical (unpaired) electrons. The van der Waals surface area contributed by atoms with Gasteiger partial charge in [0.1, 0.15) is 0 Å². The van der Waals surface area contributed by atoms with Crippen LogP contribution in [0, 0.1) is 0 Å². The summed E-state index contributed by atoms with van der Waals surface area (Å²) in [5, 5.41) is 6.03. The minimum absolute atomic E-state index is 0. The van der Waals surface area contributed by atoms with E-state index < -0.39 is 0 Å². The fourth-order valence-corrected chi connectivity index (χ4v) is 1.13. The third kappa shape index (κ3) is 3.57. The van der Waals surface area contributed by atoms with E-state index in [0.717, 1.165) is 0 Å². The molecule has 0 aromatic heterocycles. The summed E-state index contributed by atoms with van der Waals surface area (Å²) in [6.07, 6.45) is 18.8. The lowest BCUT2D eigenvalue weighted by Crippen LogP contribution is -2.14. The van der Waals surface area contributed by atoms with Crippen molar-refractivity contribution >= 4 is 8.41 Å². The lowest BCUT2D eigenvalue weighted by Gasteiger charge is -2.11. The first-order chi connectivity index (χ1) is 7.45. The van der Waals surface area contributed by atoms with Gasteiger partial charge in [0.05, 0.1) is 8.41 Å². The van der Waals surface area contributed by atoms with Crippen molar-refractivity contribution in [2.45, 2.75) is 0 Å². The van der Waals surface area contributed by atoms with Gasteiger partial charge in [-0.3, -0.25) is 0 Å². The first kappa shape index (κ1) is 12.0. The minimum Gasteiger partial charge on any atom is -0.425 e. The maximum absolute atomic E-state index is 5.59. The number of allylic oxidation sites excluding steroid dienone is 8. The molecule has 0 aromatic carbocycles. The van der Waals surface area contributed by atoms with Gasteiger partial charge in [0, 0.05) is 12.4 Å². The topological polar surface area (TPSA) is 33.3 Å². The zero-order chi connectivity index (χ0) is 10.3. The summed E-state index contributed by atoms with van der Waals surface area (Å²) in [5.74, 6) is 1.37. The Balaban J connectivity index is 0.00000128. The normalized spacial score (nSPS) is 17.0. The van der Waals surface area contributed by atoms with E-state index >= 15 is 0 Å². The molecule has 0 spiro atoms. The number of nitrogens with one attached hydrogen (secondary N) is 2. The second kappa shape index (κ2) is 6.40. The maximum Gasteiger partial charge on any atom is 0.199 e. The van der Waals surface area contributed by atoms with Crippen LogP contribution in [0.5, 0.6) is 0 Å². The molecule has 0 amide bonds. The zero-order valence-electron chi connectivity index (χ0n) is 8.18. The zero-order valence-corrected chi connectivity index (χ0v) is 8.18. The molecule has 2 aliphatic heterocycles. The van der Waals surface area contributed by atoms with Gasteiger partial charge >= 0.3 is 0 Å². The van der Waals surface area contributed by atoms with Gasteiger partial charge in [0.25, 0.3) is 0 Å². The molecule has 0 saturated carbocycles. The Bertz CT molecular complexity index is 365. The fraction of sp³-hybridized carbons (Fsp3) is 0. The van der Waals surface area contributed by atoms with Gasteiger partial charge in [-0.25, -0.2) is 0 Å². The van der Waals surface area contributed by atoms with Crippen molar-refractivity contribution in [1.29, 1.82) is 0 Å². The smallest absolute Gasteiger partial charge is 0.199 e. The van der Waals surface area contributed by atoms with Crippen LogP contribution in [0.3, 0.4) is 0 Å². The number of ether oxygens (including phenoxy) is 1. The number of hydrogen-bond acceptors (Lipinski definition) is 3. The standard InChI is InChI=1S/C12H12N2O.BH3/c1-3-7-11(13-9-5-1)15-12-8-4-2-6-10-14-12;/h1-10,13-14H;1H3. The molecule has 0 bridgehead atoms. The summed E-state index contributed by atoms with van der Waals surface area (Å²) in [5.41, 5.74) is 0. The predicted molar refractivity (Wildman–Crippen MR) is 70.0 cm³/mol. The Morgan fingerprint density at radius 3 is 1.69 bits per heavy atom. The van der Waals surface area contributed by atoms with E-state index in [9.17, 15) is 0 Å². The molecular formula is C12H15BN2O. The van der Waals surface area contributed by atoms with E-state index in [4.69, 9.17) is 4.74 Å². The van der Waals surface area contributed by atoms with Gasteiger partial charge in [-0.2, -0.15) is 0 Å². The van der Waals surface area contributed by atoms with Crippen molar-refractivity contribution in [1.82, 2.24) is 10.6 Å². The van der Waals surface area contributed by atoms with Crippen molar-refractivity contribution < 1.29 is 4.74 Å². The first-order valence-electron chi connectivity index (χ1n) is 4.73. The molecule has 0 aromatic rings. The lowest BCUT2D eigenvalue weighted by molar-refractivity contribution is 0.268. The largest absolute Gasteiger partial charge is 0.425 e. The second-order valence-electron chi connectivity index (χ2n) is 2.94. The van der Waals surface area contributed by atoms with Crippen LogP contribution in [-0.4, -0.2) is 8.41 Å². The molecule has 4 heteroatoms. The average molecular weight is 214 g/mol. The summed E-state index contributed by atoms with van der Waals surface area (Å²) in [6, 6.07) is 0. The number of rotatable bonds is 2. The van der Waals surface area contributed by atoms with Crippen LogP contribution in [-0.2, 0) is 4.74 Å². The minimum atomic E-state index is 0. The molecule has 82 valence electrons. The van der Waals surface area contributed by atoms with Crippen LogP contribution in [0.2, 0.25) is 0 Å². The van der Waals surface area contributed by atoms with Crippen LogP contribution < -0.4 is 10.6 Å². The van der Waals surface area contributed by atoms with Gasteiger partial charge in [-0.15, -0.1) is 0 Å². The average Bonchev–Trinajstić information content (AvgIpc) is 2.63. The summed E-state index contributed by atoms with van der Waals surface area (Å²) >= 11 is 0. The van der Waals surface area contributed by atoms with Gasteiger partial charge in [-0.1, -0.05) is 24.3 Å². The highest BCUT2D eigenvalue weighted by Gasteiger charge is 2.00. The first-order valence-corrected chi connectivity index (χ1v) is 4.73. The predicted octanol–water partition coefficient (Wildman–Crippen LogP) is 0.848. The van der Waals surface area contributed by atoms with Gasteiger partial charge in [-0.05, 0) is 24.3 Å². The Morgan fingerprint density at radius 1 is 0.688 bits per heavy atom. The molecule has 2 heterocycles. The highest BCUT2D eigenvalue weighted by atomic mass is 16.5. The van der Waals surface area contributed by atoms with E-state index in [1.807, 2.05) is 61.0 Å². The quantitative estimate of drug-likeness (QED) is 0.668. The fourth-order valence-electron chi connectivity index (χ4n) is 1.13. The Morgan fingerprint density at radius 2 is 1.19 bits per heavy atom. The van der Waals surface area contributed by atoms with E-state index in [1.165, 1.54) is 0 Å². The summed E-state index contributed by atoms with van der Waals surface area (Å²) in [4.78, 5) is 0. The Hall–Kier alpha value is -2.10. The van der Waals surface area contributed by atoms with E-state index in [1.54, 1.807) is 0 Å². The molecule has 16 heavy (non-hydrogen) atoms. The van der Waals surface area contributed by atoms with Crippen LogP contribution in [0.25, 0.3) is 0 Å². The van der Waals surface area contributed by atoms with Crippen molar-refractivity contribution in [3.8, 4) is 0 Å². The third-order valence-corrected chi connectivity index (χ3v) is 1.80. The Labute approximate surface area is 97.1 Å². The molecule has 0 fully saturated rings. The summed E-state index contributed by atoms with van der Waals surface area (Å²) in [6.45, 7) is 0.